The minimum atomic E-state index is -3.63. The van der Waals surface area contributed by atoms with Crippen LogP contribution in [-0.4, -0.2) is 36.7 Å². The molecule has 0 saturated carbocycles. The predicted molar refractivity (Wildman–Crippen MR) is 98.4 cm³/mol. The largest absolute Gasteiger partial charge is 0.302 e. The minimum Gasteiger partial charge on any atom is -0.302 e. The quantitative estimate of drug-likeness (QED) is 0.856. The van der Waals surface area contributed by atoms with Crippen molar-refractivity contribution < 1.29 is 13.2 Å². The van der Waals surface area contributed by atoms with Crippen LogP contribution in [0.2, 0.25) is 5.02 Å². The summed E-state index contributed by atoms with van der Waals surface area (Å²) in [4.78, 5) is 16.8. The first-order chi connectivity index (χ1) is 11.9. The Morgan fingerprint density at radius 3 is 2.72 bits per heavy atom. The fourth-order valence-electron chi connectivity index (χ4n) is 2.75. The van der Waals surface area contributed by atoms with E-state index in [1.54, 1.807) is 12.1 Å². The summed E-state index contributed by atoms with van der Waals surface area (Å²) in [6.45, 7) is 2.43. The second kappa shape index (κ2) is 7.41. The van der Waals surface area contributed by atoms with Crippen LogP contribution < -0.4 is 5.32 Å². The van der Waals surface area contributed by atoms with Crippen molar-refractivity contribution in [1.29, 1.82) is 0 Å². The number of nitrogens with zero attached hydrogens (tertiary/aromatic N) is 2. The van der Waals surface area contributed by atoms with Gasteiger partial charge in [0, 0.05) is 23.5 Å². The summed E-state index contributed by atoms with van der Waals surface area (Å²) in [5, 5.41) is 5.66. The molecule has 1 amide bonds. The van der Waals surface area contributed by atoms with Gasteiger partial charge in [-0.25, -0.2) is 13.4 Å². The van der Waals surface area contributed by atoms with Crippen LogP contribution in [0.25, 0.3) is 0 Å². The third kappa shape index (κ3) is 4.20. The molecule has 1 fully saturated rings. The number of benzene rings is 1. The normalized spacial score (nSPS) is 18.9. The van der Waals surface area contributed by atoms with Crippen molar-refractivity contribution in [2.75, 3.05) is 18.4 Å². The Labute approximate surface area is 155 Å². The fourth-order valence-corrected chi connectivity index (χ4v) is 5.09. The highest BCUT2D eigenvalue weighted by Gasteiger charge is 2.33. The van der Waals surface area contributed by atoms with Crippen molar-refractivity contribution in [2.45, 2.75) is 24.7 Å². The molecule has 0 aliphatic carbocycles. The number of carbonyl (C=O) groups excluding carboxylic acids is 1. The molecule has 0 radical (unpaired) electrons. The number of rotatable bonds is 4. The second-order valence-corrected chi connectivity index (χ2v) is 9.17. The minimum absolute atomic E-state index is 0.168. The lowest BCUT2D eigenvalue weighted by Crippen LogP contribution is -2.43. The molecule has 6 nitrogen and oxygen atoms in total. The molecule has 1 aromatic heterocycles. The van der Waals surface area contributed by atoms with E-state index >= 15 is 0 Å². The SMILES string of the molecule is Cc1csc(NC(=O)C2CCCN(S(=O)(=O)c3ccc(Cl)cc3)C2)n1. The van der Waals surface area contributed by atoms with Crippen LogP contribution in [0, 0.1) is 12.8 Å². The van der Waals surface area contributed by atoms with E-state index in [0.29, 0.717) is 29.5 Å². The first-order valence-electron chi connectivity index (χ1n) is 7.85. The van der Waals surface area contributed by atoms with Gasteiger partial charge in [-0.2, -0.15) is 4.31 Å². The molecular formula is C16H18ClN3O3S2. The maximum absolute atomic E-state index is 12.8. The summed E-state index contributed by atoms with van der Waals surface area (Å²) >= 11 is 7.18. The summed E-state index contributed by atoms with van der Waals surface area (Å²) in [6.07, 6.45) is 1.30. The zero-order valence-corrected chi connectivity index (χ0v) is 16.0. The molecule has 134 valence electrons. The van der Waals surface area contributed by atoms with E-state index in [0.717, 1.165) is 5.69 Å². The maximum Gasteiger partial charge on any atom is 0.243 e. The number of amides is 1. The van der Waals surface area contributed by atoms with Crippen LogP contribution in [0.15, 0.2) is 34.5 Å². The van der Waals surface area contributed by atoms with Crippen LogP contribution in [0.5, 0.6) is 0 Å². The molecule has 9 heteroatoms. The predicted octanol–water partition coefficient (Wildman–Crippen LogP) is 3.14. The molecular weight excluding hydrogens is 382 g/mol. The Morgan fingerprint density at radius 1 is 1.36 bits per heavy atom. The molecule has 1 unspecified atom stereocenters. The molecule has 0 bridgehead atoms. The summed E-state index contributed by atoms with van der Waals surface area (Å²) in [7, 11) is -3.63. The lowest BCUT2D eigenvalue weighted by Gasteiger charge is -2.31. The molecule has 2 heterocycles. The van der Waals surface area contributed by atoms with Crippen molar-refractivity contribution in [2.24, 2.45) is 5.92 Å². The van der Waals surface area contributed by atoms with Crippen molar-refractivity contribution >= 4 is 44.0 Å². The van der Waals surface area contributed by atoms with E-state index in [1.165, 1.54) is 27.8 Å². The Morgan fingerprint density at radius 2 is 2.08 bits per heavy atom. The Balaban J connectivity index is 1.71. The van der Waals surface area contributed by atoms with Crippen LogP contribution in [0.3, 0.4) is 0 Å². The molecule has 25 heavy (non-hydrogen) atoms. The number of carbonyl (C=O) groups is 1. The van der Waals surface area contributed by atoms with E-state index in [-0.39, 0.29) is 23.3 Å². The fraction of sp³-hybridized carbons (Fsp3) is 0.375. The number of hydrogen-bond acceptors (Lipinski definition) is 5. The second-order valence-electron chi connectivity index (χ2n) is 5.94. The molecule has 1 N–H and O–H groups in total. The van der Waals surface area contributed by atoms with Crippen LogP contribution >= 0.6 is 22.9 Å². The molecule has 2 aromatic rings. The Bertz CT molecular complexity index is 865. The number of thiazole rings is 1. The lowest BCUT2D eigenvalue weighted by atomic mass is 9.99. The summed E-state index contributed by atoms with van der Waals surface area (Å²) < 4.78 is 26.9. The zero-order chi connectivity index (χ0) is 18.0. The standard InChI is InChI=1S/C16H18ClN3O3S2/c1-11-10-24-16(18-11)19-15(21)12-3-2-8-20(9-12)25(22,23)14-6-4-13(17)5-7-14/h4-7,10,12H,2-3,8-9H2,1H3,(H,18,19,21). The van der Waals surface area contributed by atoms with Crippen LogP contribution in [0.4, 0.5) is 5.13 Å². The summed E-state index contributed by atoms with van der Waals surface area (Å²) in [5.41, 5.74) is 0.843. The van der Waals surface area contributed by atoms with E-state index in [4.69, 9.17) is 11.6 Å². The molecule has 1 aliphatic heterocycles. The molecule has 3 rings (SSSR count). The summed E-state index contributed by atoms with van der Waals surface area (Å²) in [5.74, 6) is -0.578. The highest BCUT2D eigenvalue weighted by atomic mass is 35.5. The molecule has 1 atom stereocenters. The van der Waals surface area contributed by atoms with E-state index in [9.17, 15) is 13.2 Å². The molecule has 1 aliphatic rings. The van der Waals surface area contributed by atoms with Gasteiger partial charge in [0.25, 0.3) is 0 Å². The van der Waals surface area contributed by atoms with Gasteiger partial charge in [0.15, 0.2) is 5.13 Å². The third-order valence-corrected chi connectivity index (χ3v) is 7.06. The number of hydrogen-bond donors (Lipinski definition) is 1. The zero-order valence-electron chi connectivity index (χ0n) is 13.6. The number of halogens is 1. The molecule has 1 aromatic carbocycles. The highest BCUT2D eigenvalue weighted by Crippen LogP contribution is 2.26. The van der Waals surface area contributed by atoms with Gasteiger partial charge in [-0.15, -0.1) is 11.3 Å². The van der Waals surface area contributed by atoms with E-state index in [1.807, 2.05) is 12.3 Å². The number of anilines is 1. The highest BCUT2D eigenvalue weighted by molar-refractivity contribution is 7.89. The topological polar surface area (TPSA) is 79.4 Å². The maximum atomic E-state index is 12.8. The van der Waals surface area contributed by atoms with Gasteiger partial charge in [0.1, 0.15) is 0 Å². The molecule has 0 spiro atoms. The van der Waals surface area contributed by atoms with Gasteiger partial charge < -0.3 is 5.32 Å². The number of nitrogens with one attached hydrogen (secondary N) is 1. The van der Waals surface area contributed by atoms with Crippen LogP contribution in [-0.2, 0) is 14.8 Å². The molecule has 1 saturated heterocycles. The number of piperidine rings is 1. The number of sulfonamides is 1. The monoisotopic (exact) mass is 399 g/mol. The van der Waals surface area contributed by atoms with Gasteiger partial charge >= 0.3 is 0 Å². The summed E-state index contributed by atoms with van der Waals surface area (Å²) in [6, 6.07) is 6.07. The Kier molecular flexibility index (Phi) is 5.43. The first-order valence-corrected chi connectivity index (χ1v) is 10.5. The number of aryl methyl sites for hydroxylation is 1. The van der Waals surface area contributed by atoms with E-state index in [2.05, 4.69) is 10.3 Å². The average Bonchev–Trinajstić information content (AvgIpc) is 3.00. The smallest absolute Gasteiger partial charge is 0.243 e. The average molecular weight is 400 g/mol. The van der Waals surface area contributed by atoms with Crippen molar-refractivity contribution in [1.82, 2.24) is 9.29 Å². The van der Waals surface area contributed by atoms with Gasteiger partial charge in [0.05, 0.1) is 16.5 Å². The van der Waals surface area contributed by atoms with Crippen molar-refractivity contribution in [3.05, 3.63) is 40.4 Å². The Hall–Kier alpha value is -1.48. The first kappa shape index (κ1) is 18.3. The van der Waals surface area contributed by atoms with Gasteiger partial charge in [-0.1, -0.05) is 11.6 Å². The number of aromatic nitrogens is 1. The van der Waals surface area contributed by atoms with Gasteiger partial charge in [-0.05, 0) is 44.0 Å². The van der Waals surface area contributed by atoms with Gasteiger partial charge in [-0.3, -0.25) is 4.79 Å². The van der Waals surface area contributed by atoms with E-state index < -0.39 is 10.0 Å². The van der Waals surface area contributed by atoms with Gasteiger partial charge in [0.2, 0.25) is 15.9 Å². The van der Waals surface area contributed by atoms with Crippen molar-refractivity contribution in [3.8, 4) is 0 Å². The lowest BCUT2D eigenvalue weighted by molar-refractivity contribution is -0.120. The van der Waals surface area contributed by atoms with Crippen LogP contribution in [0.1, 0.15) is 18.5 Å². The van der Waals surface area contributed by atoms with Crippen molar-refractivity contribution in [3.63, 3.8) is 0 Å². The third-order valence-electron chi connectivity index (χ3n) is 4.06.